The van der Waals surface area contributed by atoms with E-state index in [4.69, 9.17) is 5.11 Å². The normalized spacial score (nSPS) is 10.5. The molecule has 1 N–H and O–H groups in total. The lowest BCUT2D eigenvalue weighted by atomic mass is 10.1. The van der Waals surface area contributed by atoms with Crippen molar-refractivity contribution in [2.75, 3.05) is 20.1 Å². The molecule has 3 rings (SSSR count). The molecule has 3 aromatic carbocycles. The second kappa shape index (κ2) is 12.7. The summed E-state index contributed by atoms with van der Waals surface area (Å²) in [4.78, 5) is 14.7. The van der Waals surface area contributed by atoms with Crippen molar-refractivity contribution >= 4 is 16.9 Å². The summed E-state index contributed by atoms with van der Waals surface area (Å²) in [5.41, 5.74) is 2.60. The van der Waals surface area contributed by atoms with Crippen LogP contribution in [-0.4, -0.2) is 41.1 Å². The summed E-state index contributed by atoms with van der Waals surface area (Å²) in [7, 11) is 1.62. The molecule has 0 aromatic heterocycles. The van der Waals surface area contributed by atoms with Gasteiger partial charge >= 0.3 is 6.09 Å². The minimum Gasteiger partial charge on any atom is -0.465 e. The molecular formula is C26H34N2O2. The molecular weight excluding hydrogens is 372 g/mol. The van der Waals surface area contributed by atoms with Gasteiger partial charge in [-0.1, -0.05) is 80.6 Å². The Balaban J connectivity index is 0.00000155. The maximum Gasteiger partial charge on any atom is 0.407 e. The molecule has 4 heteroatoms. The number of amides is 1. The van der Waals surface area contributed by atoms with Crippen LogP contribution in [-0.2, 0) is 13.1 Å². The van der Waals surface area contributed by atoms with Gasteiger partial charge in [-0.3, -0.25) is 4.90 Å². The van der Waals surface area contributed by atoms with Crippen LogP contribution in [0.4, 0.5) is 4.79 Å². The minimum absolute atomic E-state index is 0.574. The van der Waals surface area contributed by atoms with E-state index in [0.29, 0.717) is 6.54 Å². The molecule has 0 aliphatic heterocycles. The maximum absolute atomic E-state index is 10.9. The van der Waals surface area contributed by atoms with Gasteiger partial charge in [-0.05, 0) is 47.4 Å². The predicted molar refractivity (Wildman–Crippen MR) is 126 cm³/mol. The molecule has 0 radical (unpaired) electrons. The standard InChI is InChI=1S/C24H28N2O2.C2H6/c1-25(24(27)28)15-7-8-16-26(18-20-9-3-2-4-10-20)19-21-13-14-22-11-5-6-12-23(22)17-21;1-2/h2-6,9-14,17H,7-8,15-16,18-19H2,1H3,(H,27,28);1-2H3. The number of hydrogen-bond donors (Lipinski definition) is 1. The number of hydrogen-bond acceptors (Lipinski definition) is 2. The summed E-state index contributed by atoms with van der Waals surface area (Å²) in [6.07, 6.45) is 0.974. The van der Waals surface area contributed by atoms with Gasteiger partial charge in [0, 0.05) is 26.7 Å². The monoisotopic (exact) mass is 406 g/mol. The smallest absolute Gasteiger partial charge is 0.407 e. The van der Waals surface area contributed by atoms with Crippen LogP contribution in [0, 0.1) is 0 Å². The van der Waals surface area contributed by atoms with E-state index in [1.165, 1.54) is 26.8 Å². The SMILES string of the molecule is CC.CN(CCCCN(Cc1ccccc1)Cc1ccc2ccccc2c1)C(=O)O. The number of fused-ring (bicyclic) bond motifs is 1. The molecule has 0 heterocycles. The van der Waals surface area contributed by atoms with Crippen LogP contribution in [0.1, 0.15) is 37.8 Å². The third-order valence-electron chi connectivity index (χ3n) is 5.01. The van der Waals surface area contributed by atoms with Crippen LogP contribution in [0.2, 0.25) is 0 Å². The first-order valence-electron chi connectivity index (χ1n) is 10.8. The minimum atomic E-state index is -0.864. The van der Waals surface area contributed by atoms with Crippen molar-refractivity contribution in [1.82, 2.24) is 9.80 Å². The second-order valence-corrected chi connectivity index (χ2v) is 7.29. The van der Waals surface area contributed by atoms with Crippen LogP contribution >= 0.6 is 0 Å². The van der Waals surface area contributed by atoms with Crippen LogP contribution in [0.15, 0.2) is 72.8 Å². The highest BCUT2D eigenvalue weighted by Gasteiger charge is 2.09. The summed E-state index contributed by atoms with van der Waals surface area (Å²) in [6.45, 7) is 7.29. The van der Waals surface area contributed by atoms with Gasteiger partial charge in [-0.25, -0.2) is 4.79 Å². The molecule has 0 bridgehead atoms. The van der Waals surface area contributed by atoms with E-state index in [1.807, 2.05) is 19.9 Å². The molecule has 0 spiro atoms. The molecule has 0 atom stereocenters. The fourth-order valence-corrected chi connectivity index (χ4v) is 3.43. The zero-order chi connectivity index (χ0) is 21.8. The number of nitrogens with zero attached hydrogens (tertiary/aromatic N) is 2. The molecule has 30 heavy (non-hydrogen) atoms. The molecule has 0 unspecified atom stereocenters. The van der Waals surface area contributed by atoms with Gasteiger partial charge in [0.15, 0.2) is 0 Å². The van der Waals surface area contributed by atoms with Gasteiger partial charge in [0.05, 0.1) is 0 Å². The first-order valence-corrected chi connectivity index (χ1v) is 10.8. The van der Waals surface area contributed by atoms with Crippen molar-refractivity contribution in [3.05, 3.63) is 83.9 Å². The molecule has 1 amide bonds. The Kier molecular flexibility index (Phi) is 9.88. The Morgan fingerprint density at radius 3 is 2.07 bits per heavy atom. The fraction of sp³-hybridized carbons (Fsp3) is 0.346. The van der Waals surface area contributed by atoms with Crippen molar-refractivity contribution in [3.8, 4) is 0 Å². The molecule has 160 valence electrons. The highest BCUT2D eigenvalue weighted by molar-refractivity contribution is 5.82. The van der Waals surface area contributed by atoms with Crippen LogP contribution < -0.4 is 0 Å². The Morgan fingerprint density at radius 2 is 1.37 bits per heavy atom. The van der Waals surface area contributed by atoms with Crippen molar-refractivity contribution < 1.29 is 9.90 Å². The second-order valence-electron chi connectivity index (χ2n) is 7.29. The molecule has 4 nitrogen and oxygen atoms in total. The highest BCUT2D eigenvalue weighted by atomic mass is 16.4. The molecule has 0 saturated carbocycles. The molecule has 0 aliphatic rings. The van der Waals surface area contributed by atoms with Crippen molar-refractivity contribution in [2.45, 2.75) is 39.8 Å². The van der Waals surface area contributed by atoms with Gasteiger partial charge in [0.2, 0.25) is 0 Å². The molecule has 0 saturated heterocycles. The first kappa shape index (κ1) is 23.4. The van der Waals surface area contributed by atoms with Crippen molar-refractivity contribution in [2.24, 2.45) is 0 Å². The maximum atomic E-state index is 10.9. The Hall–Kier alpha value is -2.85. The average Bonchev–Trinajstić information content (AvgIpc) is 2.78. The molecule has 3 aromatic rings. The van der Waals surface area contributed by atoms with E-state index in [9.17, 15) is 4.79 Å². The lowest BCUT2D eigenvalue weighted by Crippen LogP contribution is -2.28. The van der Waals surface area contributed by atoms with Gasteiger partial charge in [0.1, 0.15) is 0 Å². The fourth-order valence-electron chi connectivity index (χ4n) is 3.43. The predicted octanol–water partition coefficient (Wildman–Crippen LogP) is 6.26. The zero-order valence-electron chi connectivity index (χ0n) is 18.4. The summed E-state index contributed by atoms with van der Waals surface area (Å²) >= 11 is 0. The van der Waals surface area contributed by atoms with E-state index in [0.717, 1.165) is 32.5 Å². The van der Waals surface area contributed by atoms with E-state index < -0.39 is 6.09 Å². The number of carbonyl (C=O) groups is 1. The summed E-state index contributed by atoms with van der Waals surface area (Å²) < 4.78 is 0. The largest absolute Gasteiger partial charge is 0.465 e. The average molecular weight is 407 g/mol. The third kappa shape index (κ3) is 7.53. The van der Waals surface area contributed by atoms with Crippen molar-refractivity contribution in [3.63, 3.8) is 0 Å². The lowest BCUT2D eigenvalue weighted by molar-refractivity contribution is 0.154. The van der Waals surface area contributed by atoms with Crippen LogP contribution in [0.3, 0.4) is 0 Å². The van der Waals surface area contributed by atoms with E-state index in [-0.39, 0.29) is 0 Å². The Bertz CT molecular complexity index is 896. The van der Waals surface area contributed by atoms with Gasteiger partial charge in [0.25, 0.3) is 0 Å². The quantitative estimate of drug-likeness (QED) is 0.427. The van der Waals surface area contributed by atoms with Gasteiger partial charge in [-0.15, -0.1) is 0 Å². The molecule has 0 fully saturated rings. The lowest BCUT2D eigenvalue weighted by Gasteiger charge is -2.23. The Labute approximate surface area is 180 Å². The summed E-state index contributed by atoms with van der Waals surface area (Å²) in [5.74, 6) is 0. The Morgan fingerprint density at radius 1 is 0.767 bits per heavy atom. The van der Waals surface area contributed by atoms with Crippen molar-refractivity contribution in [1.29, 1.82) is 0 Å². The topological polar surface area (TPSA) is 43.8 Å². The highest BCUT2D eigenvalue weighted by Crippen LogP contribution is 2.18. The third-order valence-corrected chi connectivity index (χ3v) is 5.01. The van der Waals surface area contributed by atoms with E-state index >= 15 is 0 Å². The first-order chi connectivity index (χ1) is 14.6. The van der Waals surface area contributed by atoms with Crippen LogP contribution in [0.5, 0.6) is 0 Å². The number of carboxylic acid groups (broad SMARTS) is 1. The number of rotatable bonds is 9. The van der Waals surface area contributed by atoms with E-state index in [2.05, 4.69) is 71.6 Å². The number of benzene rings is 3. The summed E-state index contributed by atoms with van der Waals surface area (Å²) in [6, 6.07) is 25.6. The summed E-state index contributed by atoms with van der Waals surface area (Å²) in [5, 5.41) is 11.5. The van der Waals surface area contributed by atoms with E-state index in [1.54, 1.807) is 7.05 Å². The van der Waals surface area contributed by atoms with Gasteiger partial charge < -0.3 is 10.0 Å². The van der Waals surface area contributed by atoms with Crippen LogP contribution in [0.25, 0.3) is 10.8 Å². The zero-order valence-corrected chi connectivity index (χ0v) is 18.4. The van der Waals surface area contributed by atoms with Gasteiger partial charge in [-0.2, -0.15) is 0 Å². The molecule has 0 aliphatic carbocycles. The number of unbranched alkanes of at least 4 members (excludes halogenated alkanes) is 1.